The number of anilines is 2. The summed E-state index contributed by atoms with van der Waals surface area (Å²) in [6, 6.07) is 9.34. The van der Waals surface area contributed by atoms with Crippen molar-refractivity contribution in [3.63, 3.8) is 0 Å². The van der Waals surface area contributed by atoms with Crippen molar-refractivity contribution in [1.29, 1.82) is 0 Å². The zero-order valence-electron chi connectivity index (χ0n) is 18.5. The summed E-state index contributed by atoms with van der Waals surface area (Å²) in [4.78, 5) is 26.9. The highest BCUT2D eigenvalue weighted by atomic mass is 79.9. The number of pyridine rings is 1. The van der Waals surface area contributed by atoms with Crippen molar-refractivity contribution in [2.24, 2.45) is 0 Å². The van der Waals surface area contributed by atoms with Crippen LogP contribution in [0.3, 0.4) is 0 Å². The number of likely N-dealkylation sites (tertiary alicyclic amines) is 1. The molecule has 1 amide bonds. The van der Waals surface area contributed by atoms with Gasteiger partial charge in [0.15, 0.2) is 18.1 Å². The van der Waals surface area contributed by atoms with Crippen LogP contribution in [0.4, 0.5) is 11.5 Å². The van der Waals surface area contributed by atoms with Crippen molar-refractivity contribution in [3.8, 4) is 17.1 Å². The van der Waals surface area contributed by atoms with Gasteiger partial charge >= 0.3 is 0 Å². The number of ether oxygens (including phenoxy) is 1. The third-order valence-corrected chi connectivity index (χ3v) is 6.34. The number of aromatic nitrogens is 4. The first-order valence-corrected chi connectivity index (χ1v) is 11.8. The van der Waals surface area contributed by atoms with Crippen molar-refractivity contribution in [3.05, 3.63) is 47.3 Å². The average molecular weight is 526 g/mol. The highest BCUT2D eigenvalue weighted by Gasteiger charge is 2.20. The van der Waals surface area contributed by atoms with Gasteiger partial charge in [-0.2, -0.15) is 0 Å². The van der Waals surface area contributed by atoms with Crippen LogP contribution in [0.5, 0.6) is 5.75 Å². The second kappa shape index (κ2) is 9.82. The van der Waals surface area contributed by atoms with Crippen molar-refractivity contribution in [2.45, 2.75) is 18.9 Å². The normalized spacial score (nSPS) is 14.9. The second-order valence-electron chi connectivity index (χ2n) is 8.23. The molecule has 176 valence electrons. The number of fused-ring (bicyclic) bond motifs is 1. The summed E-state index contributed by atoms with van der Waals surface area (Å²) in [5.74, 6) is 1.30. The number of hydrogen-bond donors (Lipinski definition) is 3. The molecule has 1 saturated heterocycles. The molecule has 4 heterocycles. The van der Waals surface area contributed by atoms with Crippen LogP contribution in [0, 0.1) is 0 Å². The van der Waals surface area contributed by atoms with E-state index in [9.17, 15) is 4.79 Å². The molecule has 3 aromatic heterocycles. The lowest BCUT2D eigenvalue weighted by atomic mass is 10.1. The number of aromatic amines is 1. The predicted octanol–water partition coefficient (Wildman–Crippen LogP) is 3.90. The van der Waals surface area contributed by atoms with Crippen LogP contribution in [0.1, 0.15) is 12.8 Å². The van der Waals surface area contributed by atoms with Gasteiger partial charge in [0, 0.05) is 23.9 Å². The van der Waals surface area contributed by atoms with Gasteiger partial charge in [-0.1, -0.05) is 5.16 Å². The van der Waals surface area contributed by atoms with Gasteiger partial charge in [0.2, 0.25) is 0 Å². The number of amides is 1. The minimum atomic E-state index is -0.323. The smallest absolute Gasteiger partial charge is 0.263 e. The van der Waals surface area contributed by atoms with Crippen molar-refractivity contribution < 1.29 is 14.1 Å². The number of piperidine rings is 1. The number of carbonyl (C=O) groups excluding carboxylic acids is 1. The molecule has 0 aliphatic carbocycles. The highest BCUT2D eigenvalue weighted by Crippen LogP contribution is 2.32. The molecule has 10 nitrogen and oxygen atoms in total. The lowest BCUT2D eigenvalue weighted by Gasteiger charge is -2.30. The molecule has 11 heteroatoms. The van der Waals surface area contributed by atoms with Gasteiger partial charge in [0.1, 0.15) is 23.4 Å². The van der Waals surface area contributed by atoms with E-state index in [-0.39, 0.29) is 12.5 Å². The number of nitrogens with one attached hydrogen (secondary N) is 3. The van der Waals surface area contributed by atoms with Crippen LogP contribution in [0.25, 0.3) is 22.6 Å². The summed E-state index contributed by atoms with van der Waals surface area (Å²) in [7, 11) is 2.15. The number of benzene rings is 1. The maximum atomic E-state index is 11.9. The molecule has 1 aliphatic heterocycles. The number of imidazole rings is 1. The Kier molecular flexibility index (Phi) is 6.45. The van der Waals surface area contributed by atoms with E-state index in [1.165, 1.54) is 6.26 Å². The summed E-state index contributed by atoms with van der Waals surface area (Å²) in [5.41, 5.74) is 3.37. The molecule has 1 aromatic carbocycles. The van der Waals surface area contributed by atoms with E-state index in [1.807, 2.05) is 12.1 Å². The summed E-state index contributed by atoms with van der Waals surface area (Å²) < 4.78 is 11.1. The Morgan fingerprint density at radius 2 is 2.06 bits per heavy atom. The molecule has 5 rings (SSSR count). The van der Waals surface area contributed by atoms with Crippen LogP contribution in [0.15, 0.2) is 51.8 Å². The Labute approximate surface area is 204 Å². The van der Waals surface area contributed by atoms with Gasteiger partial charge in [-0.3, -0.25) is 4.79 Å². The summed E-state index contributed by atoms with van der Waals surface area (Å²) in [6.45, 7) is 2.01. The third kappa shape index (κ3) is 5.05. The second-order valence-corrected chi connectivity index (χ2v) is 9.09. The number of hydrogen-bond acceptors (Lipinski definition) is 8. The number of nitrogens with zero attached hydrogens (tertiary/aromatic N) is 4. The van der Waals surface area contributed by atoms with Crippen LogP contribution in [-0.4, -0.2) is 63.7 Å². The quantitative estimate of drug-likeness (QED) is 0.332. The summed E-state index contributed by atoms with van der Waals surface area (Å²) in [6.07, 6.45) is 5.35. The van der Waals surface area contributed by atoms with Gasteiger partial charge in [-0.25, -0.2) is 9.97 Å². The predicted molar refractivity (Wildman–Crippen MR) is 132 cm³/mol. The van der Waals surface area contributed by atoms with Crippen molar-refractivity contribution in [1.82, 2.24) is 25.0 Å². The Hall–Kier alpha value is -3.44. The van der Waals surface area contributed by atoms with Gasteiger partial charge in [0.05, 0.1) is 10.2 Å². The monoisotopic (exact) mass is 525 g/mol. The molecule has 1 fully saturated rings. The molecule has 34 heavy (non-hydrogen) atoms. The Morgan fingerprint density at radius 1 is 1.26 bits per heavy atom. The van der Waals surface area contributed by atoms with E-state index < -0.39 is 0 Å². The minimum Gasteiger partial charge on any atom is -0.484 e. The number of carbonyl (C=O) groups is 1. The van der Waals surface area contributed by atoms with Gasteiger partial charge in [-0.05, 0) is 73.2 Å². The van der Waals surface area contributed by atoms with Crippen LogP contribution in [-0.2, 0) is 4.79 Å². The number of halogens is 1. The Bertz CT molecular complexity index is 1270. The standard InChI is InChI=1S/C23H24BrN7O3/c1-31-9-6-15(7-10-31)26-20-17(24)12-25-23-21(20)28-22(29-23)14-2-4-16(5-3-14)33-13-19(32)27-18-8-11-34-30-18/h2-5,8,11-12,15H,6-7,9-10,13H2,1H3,(H,27,30,32)(H2,25,26,28,29). The third-order valence-electron chi connectivity index (χ3n) is 5.74. The van der Waals surface area contributed by atoms with Crippen LogP contribution < -0.4 is 15.4 Å². The fourth-order valence-corrected chi connectivity index (χ4v) is 4.28. The van der Waals surface area contributed by atoms with E-state index in [0.29, 0.717) is 23.4 Å². The molecule has 4 aromatic rings. The topological polar surface area (TPSA) is 121 Å². The minimum absolute atomic E-state index is 0.138. The molecule has 0 saturated carbocycles. The highest BCUT2D eigenvalue weighted by molar-refractivity contribution is 9.10. The molecular weight excluding hydrogens is 502 g/mol. The van der Waals surface area contributed by atoms with Gasteiger partial charge in [0.25, 0.3) is 5.91 Å². The van der Waals surface area contributed by atoms with Crippen molar-refractivity contribution in [2.75, 3.05) is 37.4 Å². The van der Waals surface area contributed by atoms with Gasteiger partial charge in [-0.15, -0.1) is 0 Å². The number of rotatable bonds is 7. The first kappa shape index (κ1) is 22.4. The molecule has 0 atom stereocenters. The van der Waals surface area contributed by atoms with E-state index >= 15 is 0 Å². The molecule has 0 unspecified atom stereocenters. The van der Waals surface area contributed by atoms with Crippen LogP contribution in [0.2, 0.25) is 0 Å². The van der Waals surface area contributed by atoms with E-state index in [4.69, 9.17) is 9.72 Å². The van der Waals surface area contributed by atoms with Crippen LogP contribution >= 0.6 is 15.9 Å². The zero-order chi connectivity index (χ0) is 23.5. The first-order chi connectivity index (χ1) is 16.5. The fourth-order valence-electron chi connectivity index (χ4n) is 3.88. The molecule has 1 aliphatic rings. The zero-order valence-corrected chi connectivity index (χ0v) is 20.1. The lowest BCUT2D eigenvalue weighted by molar-refractivity contribution is -0.118. The van der Waals surface area contributed by atoms with Crippen molar-refractivity contribution >= 4 is 44.5 Å². The molecule has 0 radical (unpaired) electrons. The van der Waals surface area contributed by atoms with E-state index in [1.54, 1.807) is 24.4 Å². The van der Waals surface area contributed by atoms with E-state index in [0.717, 1.165) is 52.8 Å². The Morgan fingerprint density at radius 3 is 2.79 bits per heavy atom. The summed E-state index contributed by atoms with van der Waals surface area (Å²) in [5, 5.41) is 9.88. The maximum Gasteiger partial charge on any atom is 0.263 e. The number of H-pyrrole nitrogens is 1. The van der Waals surface area contributed by atoms with Gasteiger partial charge < -0.3 is 29.8 Å². The fraction of sp³-hybridized carbons (Fsp3) is 0.304. The molecular formula is C23H24BrN7O3. The Balaban J connectivity index is 1.28. The van der Waals surface area contributed by atoms with E-state index in [2.05, 4.69) is 58.2 Å². The largest absolute Gasteiger partial charge is 0.484 e. The lowest BCUT2D eigenvalue weighted by Crippen LogP contribution is -2.36. The summed E-state index contributed by atoms with van der Waals surface area (Å²) >= 11 is 3.63. The first-order valence-electron chi connectivity index (χ1n) is 11.0. The maximum absolute atomic E-state index is 11.9. The molecule has 3 N–H and O–H groups in total. The SMILES string of the molecule is CN1CCC(Nc2c(Br)cnc3[nH]c(-c4ccc(OCC(=O)Nc5ccon5)cc4)nc23)CC1. The molecule has 0 spiro atoms. The molecule has 0 bridgehead atoms. The average Bonchev–Trinajstić information content (AvgIpc) is 3.51.